The Morgan fingerprint density at radius 2 is 2.14 bits per heavy atom. The van der Waals surface area contributed by atoms with Crippen LogP contribution in [-0.2, 0) is 4.79 Å². The van der Waals surface area contributed by atoms with Crippen LogP contribution in [0.15, 0.2) is 18.2 Å². The van der Waals surface area contributed by atoms with Crippen molar-refractivity contribution in [2.75, 3.05) is 20.8 Å². The molecule has 0 bridgehead atoms. The Morgan fingerprint density at radius 3 is 2.73 bits per heavy atom. The molecule has 0 saturated carbocycles. The Hall–Kier alpha value is -1.46. The molecule has 1 heterocycles. The largest absolute Gasteiger partial charge is 0.497 e. The van der Waals surface area contributed by atoms with Gasteiger partial charge in [-0.25, -0.2) is 0 Å². The third-order valence-corrected chi connectivity index (χ3v) is 3.87. The monoisotopic (exact) mass is 328 g/mol. The second kappa shape index (κ2) is 8.25. The van der Waals surface area contributed by atoms with E-state index in [0.717, 1.165) is 36.4 Å². The molecule has 22 heavy (non-hydrogen) atoms. The molecule has 1 aromatic carbocycles. The van der Waals surface area contributed by atoms with Gasteiger partial charge in [0.15, 0.2) is 0 Å². The summed E-state index contributed by atoms with van der Waals surface area (Å²) in [5.41, 5.74) is 6.76. The Bertz CT molecular complexity index is 508. The molecule has 0 radical (unpaired) electrons. The Morgan fingerprint density at radius 1 is 1.41 bits per heavy atom. The summed E-state index contributed by atoms with van der Waals surface area (Å²) in [5, 5.41) is 0. The number of amides is 1. The summed E-state index contributed by atoms with van der Waals surface area (Å²) >= 11 is 0. The predicted molar refractivity (Wildman–Crippen MR) is 88.7 cm³/mol. The number of nitrogens with zero attached hydrogens (tertiary/aromatic N) is 1. The van der Waals surface area contributed by atoms with Crippen LogP contribution in [0.1, 0.15) is 37.8 Å². The first-order chi connectivity index (χ1) is 10.1. The second-order valence-electron chi connectivity index (χ2n) is 5.53. The summed E-state index contributed by atoms with van der Waals surface area (Å²) in [5.74, 6) is 1.68. The van der Waals surface area contributed by atoms with E-state index in [1.54, 1.807) is 14.2 Å². The van der Waals surface area contributed by atoms with Crippen LogP contribution in [0.5, 0.6) is 11.5 Å². The minimum absolute atomic E-state index is 0. The zero-order valence-electron chi connectivity index (χ0n) is 13.4. The van der Waals surface area contributed by atoms with Crippen molar-refractivity contribution in [1.29, 1.82) is 0 Å². The number of methoxy groups -OCH3 is 2. The van der Waals surface area contributed by atoms with Gasteiger partial charge in [0.2, 0.25) is 5.91 Å². The number of likely N-dealkylation sites (tertiary alicyclic amines) is 1. The van der Waals surface area contributed by atoms with Gasteiger partial charge in [-0.2, -0.15) is 0 Å². The molecule has 124 valence electrons. The zero-order chi connectivity index (χ0) is 15.4. The number of halogens is 1. The van der Waals surface area contributed by atoms with Gasteiger partial charge in [-0.3, -0.25) is 4.79 Å². The van der Waals surface area contributed by atoms with Gasteiger partial charge in [0.1, 0.15) is 11.5 Å². The van der Waals surface area contributed by atoms with Crippen LogP contribution in [-0.4, -0.2) is 37.6 Å². The van der Waals surface area contributed by atoms with Gasteiger partial charge in [-0.1, -0.05) is 0 Å². The van der Waals surface area contributed by atoms with Crippen molar-refractivity contribution in [3.05, 3.63) is 23.8 Å². The molecule has 0 spiro atoms. The van der Waals surface area contributed by atoms with Crippen molar-refractivity contribution in [3.8, 4) is 11.5 Å². The molecule has 2 rings (SSSR count). The van der Waals surface area contributed by atoms with Crippen molar-refractivity contribution in [2.45, 2.75) is 38.3 Å². The predicted octanol–water partition coefficient (Wildman–Crippen LogP) is 2.53. The van der Waals surface area contributed by atoms with Crippen molar-refractivity contribution >= 4 is 18.3 Å². The van der Waals surface area contributed by atoms with Gasteiger partial charge in [-0.15, -0.1) is 12.4 Å². The summed E-state index contributed by atoms with van der Waals surface area (Å²) < 4.78 is 10.7. The van der Waals surface area contributed by atoms with E-state index in [4.69, 9.17) is 15.2 Å². The normalized spacial score (nSPS) is 18.5. The molecule has 6 heteroatoms. The lowest BCUT2D eigenvalue weighted by Crippen LogP contribution is -2.34. The Kier molecular flexibility index (Phi) is 6.97. The van der Waals surface area contributed by atoms with E-state index >= 15 is 0 Å². The smallest absolute Gasteiger partial charge is 0.224 e. The van der Waals surface area contributed by atoms with Gasteiger partial charge in [-0.05, 0) is 38.0 Å². The first kappa shape index (κ1) is 18.6. The van der Waals surface area contributed by atoms with Crippen molar-refractivity contribution in [2.24, 2.45) is 5.73 Å². The van der Waals surface area contributed by atoms with Gasteiger partial charge in [0.05, 0.1) is 20.3 Å². The first-order valence-corrected chi connectivity index (χ1v) is 7.33. The minimum Gasteiger partial charge on any atom is -0.497 e. The molecular formula is C16H25ClN2O3. The van der Waals surface area contributed by atoms with Crippen LogP contribution < -0.4 is 15.2 Å². The van der Waals surface area contributed by atoms with E-state index in [1.165, 1.54) is 0 Å². The molecule has 1 amide bonds. The molecule has 1 aliphatic heterocycles. The van der Waals surface area contributed by atoms with Gasteiger partial charge < -0.3 is 20.1 Å². The quantitative estimate of drug-likeness (QED) is 0.902. The summed E-state index contributed by atoms with van der Waals surface area (Å²) in [6.07, 6.45) is 2.31. The molecule has 2 N–H and O–H groups in total. The average molecular weight is 329 g/mol. The lowest BCUT2D eigenvalue weighted by Gasteiger charge is -2.27. The number of hydrogen-bond donors (Lipinski definition) is 1. The van der Waals surface area contributed by atoms with E-state index in [9.17, 15) is 4.79 Å². The molecular weight excluding hydrogens is 304 g/mol. The van der Waals surface area contributed by atoms with Crippen LogP contribution in [0.3, 0.4) is 0 Å². The van der Waals surface area contributed by atoms with Crippen LogP contribution in [0.25, 0.3) is 0 Å². The standard InChI is InChI=1S/C16H24N2O3.ClH/c1-11(17)9-16(19)18-8-4-5-14(18)13-10-12(20-2)6-7-15(13)21-3;/h6-7,10-11,14H,4-5,8-9,17H2,1-3H3;1H. The Labute approximate surface area is 138 Å². The molecule has 1 aromatic rings. The average Bonchev–Trinajstić information content (AvgIpc) is 2.95. The van der Waals surface area contributed by atoms with E-state index in [-0.39, 0.29) is 30.4 Å². The fourth-order valence-electron chi connectivity index (χ4n) is 2.88. The van der Waals surface area contributed by atoms with Gasteiger partial charge in [0, 0.05) is 24.6 Å². The zero-order valence-corrected chi connectivity index (χ0v) is 14.2. The number of rotatable bonds is 5. The van der Waals surface area contributed by atoms with Gasteiger partial charge in [0.25, 0.3) is 0 Å². The highest BCUT2D eigenvalue weighted by Crippen LogP contribution is 2.39. The third-order valence-electron chi connectivity index (χ3n) is 3.87. The molecule has 2 unspecified atom stereocenters. The summed E-state index contributed by atoms with van der Waals surface area (Å²) in [4.78, 5) is 14.3. The van der Waals surface area contributed by atoms with Crippen LogP contribution in [0.2, 0.25) is 0 Å². The van der Waals surface area contributed by atoms with Crippen LogP contribution in [0.4, 0.5) is 0 Å². The first-order valence-electron chi connectivity index (χ1n) is 7.33. The maximum Gasteiger partial charge on any atom is 0.224 e. The number of ether oxygens (including phenoxy) is 2. The van der Waals surface area contributed by atoms with Crippen LogP contribution in [0, 0.1) is 0 Å². The number of nitrogens with two attached hydrogens (primary N) is 1. The van der Waals surface area contributed by atoms with Crippen molar-refractivity contribution < 1.29 is 14.3 Å². The Balaban J connectivity index is 0.00000242. The molecule has 5 nitrogen and oxygen atoms in total. The molecule has 1 saturated heterocycles. The highest BCUT2D eigenvalue weighted by molar-refractivity contribution is 5.85. The van der Waals surface area contributed by atoms with E-state index in [1.807, 2.05) is 30.0 Å². The number of carbonyl (C=O) groups excluding carboxylic acids is 1. The minimum atomic E-state index is -0.119. The van der Waals surface area contributed by atoms with E-state index < -0.39 is 0 Å². The second-order valence-corrected chi connectivity index (χ2v) is 5.53. The SMILES string of the molecule is COc1ccc(OC)c(C2CCCN2C(=O)CC(C)N)c1.Cl. The summed E-state index contributed by atoms with van der Waals surface area (Å²) in [6, 6.07) is 5.64. The lowest BCUT2D eigenvalue weighted by atomic mass is 10.0. The fourth-order valence-corrected chi connectivity index (χ4v) is 2.88. The molecule has 1 fully saturated rings. The summed E-state index contributed by atoms with van der Waals surface area (Å²) in [6.45, 7) is 2.63. The van der Waals surface area contributed by atoms with Crippen molar-refractivity contribution in [3.63, 3.8) is 0 Å². The molecule has 0 aromatic heterocycles. The molecule has 2 atom stereocenters. The topological polar surface area (TPSA) is 64.8 Å². The molecule has 0 aliphatic carbocycles. The number of benzene rings is 1. The van der Waals surface area contributed by atoms with E-state index in [2.05, 4.69) is 0 Å². The lowest BCUT2D eigenvalue weighted by molar-refractivity contribution is -0.132. The number of carbonyl (C=O) groups is 1. The highest BCUT2D eigenvalue weighted by Gasteiger charge is 2.32. The van der Waals surface area contributed by atoms with E-state index in [0.29, 0.717) is 6.42 Å². The van der Waals surface area contributed by atoms with Crippen molar-refractivity contribution in [1.82, 2.24) is 4.90 Å². The highest BCUT2D eigenvalue weighted by atomic mass is 35.5. The third kappa shape index (κ3) is 4.05. The molecule has 1 aliphatic rings. The van der Waals surface area contributed by atoms with Crippen LogP contribution >= 0.6 is 12.4 Å². The fraction of sp³-hybridized carbons (Fsp3) is 0.562. The van der Waals surface area contributed by atoms with Gasteiger partial charge >= 0.3 is 0 Å². The summed E-state index contributed by atoms with van der Waals surface area (Å²) in [7, 11) is 3.29. The maximum absolute atomic E-state index is 12.4. The maximum atomic E-state index is 12.4. The number of hydrogen-bond acceptors (Lipinski definition) is 4.